The van der Waals surface area contributed by atoms with Crippen LogP contribution in [0.25, 0.3) is 16.5 Å². The van der Waals surface area contributed by atoms with E-state index in [9.17, 15) is 4.79 Å². The van der Waals surface area contributed by atoms with E-state index in [1.807, 2.05) is 30.3 Å². The molecule has 0 radical (unpaired) electrons. The van der Waals surface area contributed by atoms with E-state index < -0.39 is 5.97 Å². The summed E-state index contributed by atoms with van der Waals surface area (Å²) in [5.74, 6) is 1.62. The second-order valence-electron chi connectivity index (χ2n) is 8.26. The van der Waals surface area contributed by atoms with E-state index in [0.29, 0.717) is 39.2 Å². The molecule has 0 fully saturated rings. The van der Waals surface area contributed by atoms with Gasteiger partial charge in [0.05, 0.1) is 25.5 Å². The van der Waals surface area contributed by atoms with Crippen molar-refractivity contribution in [3.63, 3.8) is 0 Å². The number of fused-ring (bicyclic) bond motifs is 1. The van der Waals surface area contributed by atoms with Gasteiger partial charge in [0.25, 0.3) is 0 Å². The summed E-state index contributed by atoms with van der Waals surface area (Å²) in [7, 11) is 3.00. The molecule has 6 nitrogen and oxygen atoms in total. The van der Waals surface area contributed by atoms with Gasteiger partial charge in [0.2, 0.25) is 0 Å². The van der Waals surface area contributed by atoms with Crippen LogP contribution in [0.1, 0.15) is 22.3 Å². The summed E-state index contributed by atoms with van der Waals surface area (Å²) in [5, 5.41) is 9.49. The van der Waals surface area contributed by atoms with Gasteiger partial charge in [0.1, 0.15) is 23.0 Å². The van der Waals surface area contributed by atoms with E-state index in [4.69, 9.17) is 37.4 Å². The third-order valence-electron chi connectivity index (χ3n) is 5.88. The maximum atomic E-state index is 11.8. The summed E-state index contributed by atoms with van der Waals surface area (Å²) in [5.41, 5.74) is 2.78. The molecule has 0 spiro atoms. The zero-order valence-corrected chi connectivity index (χ0v) is 21.6. The first-order chi connectivity index (χ1) is 17.9. The molecule has 4 aromatic carbocycles. The Balaban J connectivity index is 1.62. The van der Waals surface area contributed by atoms with Crippen LogP contribution in [0.3, 0.4) is 0 Å². The minimum atomic E-state index is -0.409. The van der Waals surface area contributed by atoms with Crippen molar-refractivity contribution >= 4 is 57.5 Å². The number of esters is 1. The lowest BCUT2D eigenvalue weighted by atomic mass is 10.0. The molecule has 186 valence electrons. The van der Waals surface area contributed by atoms with E-state index in [1.165, 1.54) is 7.11 Å². The molecular formula is C29H22Cl2N2O4. The minimum Gasteiger partial charge on any atom is -0.497 e. The van der Waals surface area contributed by atoms with Crippen LogP contribution in [0.5, 0.6) is 11.5 Å². The molecule has 4 aromatic rings. The van der Waals surface area contributed by atoms with Gasteiger partial charge in [-0.25, -0.2) is 9.80 Å². The molecule has 0 aromatic heterocycles. The molecule has 37 heavy (non-hydrogen) atoms. The van der Waals surface area contributed by atoms with Crippen LogP contribution in [-0.4, -0.2) is 26.4 Å². The Morgan fingerprint density at radius 1 is 0.838 bits per heavy atom. The number of halogens is 2. The van der Waals surface area contributed by atoms with Gasteiger partial charge >= 0.3 is 5.97 Å². The minimum absolute atomic E-state index is 0.409. The summed E-state index contributed by atoms with van der Waals surface area (Å²) in [6.07, 6.45) is 2.22. The van der Waals surface area contributed by atoms with Crippen LogP contribution in [0.15, 0.2) is 89.7 Å². The summed E-state index contributed by atoms with van der Waals surface area (Å²) in [4.78, 5) is 11.8. The Morgan fingerprint density at radius 3 is 2.22 bits per heavy atom. The van der Waals surface area contributed by atoms with Crippen molar-refractivity contribution in [3.8, 4) is 11.5 Å². The van der Waals surface area contributed by atoms with Crippen molar-refractivity contribution in [2.24, 2.45) is 5.10 Å². The highest BCUT2D eigenvalue weighted by molar-refractivity contribution is 6.35. The van der Waals surface area contributed by atoms with E-state index in [0.717, 1.165) is 27.8 Å². The molecule has 5 rings (SSSR count). The molecule has 0 atom stereocenters. The van der Waals surface area contributed by atoms with E-state index in [-0.39, 0.29) is 0 Å². The van der Waals surface area contributed by atoms with Crippen molar-refractivity contribution in [1.29, 1.82) is 0 Å². The number of hydrazone groups is 1. The van der Waals surface area contributed by atoms with Crippen molar-refractivity contribution in [3.05, 3.63) is 106 Å². The molecule has 8 heteroatoms. The molecule has 0 aliphatic carbocycles. The number of hydrogen-bond donors (Lipinski definition) is 0. The Labute approximate surface area is 224 Å². The molecule has 1 aliphatic heterocycles. The number of methoxy groups -OCH3 is 2. The molecule has 0 bridgehead atoms. The van der Waals surface area contributed by atoms with Crippen LogP contribution in [0.4, 0.5) is 5.69 Å². The summed E-state index contributed by atoms with van der Waals surface area (Å²) in [6.45, 7) is 0. The van der Waals surface area contributed by atoms with E-state index >= 15 is 0 Å². The lowest BCUT2D eigenvalue weighted by Crippen LogP contribution is -2.22. The van der Waals surface area contributed by atoms with Gasteiger partial charge in [-0.1, -0.05) is 41.4 Å². The molecule has 1 aliphatic rings. The highest BCUT2D eigenvalue weighted by Crippen LogP contribution is 2.37. The van der Waals surface area contributed by atoms with E-state index in [1.54, 1.807) is 60.8 Å². The van der Waals surface area contributed by atoms with Crippen molar-refractivity contribution in [2.75, 3.05) is 19.2 Å². The zero-order chi connectivity index (χ0) is 25.9. The number of ether oxygens (including phenoxy) is 3. The molecule has 0 N–H and O–H groups in total. The van der Waals surface area contributed by atoms with Crippen LogP contribution >= 0.6 is 23.2 Å². The molecule has 0 saturated heterocycles. The maximum Gasteiger partial charge on any atom is 0.337 e. The van der Waals surface area contributed by atoms with Gasteiger partial charge in [0.15, 0.2) is 0 Å². The Hall–Kier alpha value is -4.00. The zero-order valence-electron chi connectivity index (χ0n) is 20.1. The van der Waals surface area contributed by atoms with Crippen molar-refractivity contribution in [1.82, 2.24) is 0 Å². The van der Waals surface area contributed by atoms with Crippen LogP contribution < -0.4 is 14.5 Å². The van der Waals surface area contributed by atoms with Gasteiger partial charge < -0.3 is 14.2 Å². The fourth-order valence-corrected chi connectivity index (χ4v) is 4.64. The van der Waals surface area contributed by atoms with Crippen LogP contribution in [0.2, 0.25) is 10.0 Å². The Bertz CT molecular complexity index is 1530. The number of benzene rings is 4. The topological polar surface area (TPSA) is 60.4 Å². The number of allylic oxidation sites excluding steroid dienone is 1. The third kappa shape index (κ3) is 5.26. The first-order valence-electron chi connectivity index (χ1n) is 11.4. The average Bonchev–Trinajstić information content (AvgIpc) is 2.91. The maximum absolute atomic E-state index is 11.8. The number of nitrogens with zero attached hydrogens (tertiary/aromatic N) is 2. The smallest absolute Gasteiger partial charge is 0.337 e. The van der Waals surface area contributed by atoms with Crippen molar-refractivity contribution in [2.45, 2.75) is 6.42 Å². The second kappa shape index (κ2) is 10.5. The first kappa shape index (κ1) is 24.7. The average molecular weight is 533 g/mol. The monoisotopic (exact) mass is 532 g/mol. The largest absolute Gasteiger partial charge is 0.497 e. The van der Waals surface area contributed by atoms with Gasteiger partial charge in [-0.3, -0.25) is 0 Å². The van der Waals surface area contributed by atoms with Gasteiger partial charge in [-0.2, -0.15) is 5.10 Å². The fourth-order valence-electron chi connectivity index (χ4n) is 4.13. The van der Waals surface area contributed by atoms with E-state index in [2.05, 4.69) is 11.2 Å². The summed E-state index contributed by atoms with van der Waals surface area (Å²) >= 11 is 12.7. The van der Waals surface area contributed by atoms with Gasteiger partial charge in [0, 0.05) is 28.2 Å². The molecule has 0 unspecified atom stereocenters. The fraction of sp³-hybridized carbons (Fsp3) is 0.103. The predicted molar refractivity (Wildman–Crippen MR) is 148 cm³/mol. The lowest BCUT2D eigenvalue weighted by molar-refractivity contribution is 0.0600. The highest BCUT2D eigenvalue weighted by atomic mass is 35.5. The number of carbonyl (C=O) groups is 1. The summed E-state index contributed by atoms with van der Waals surface area (Å²) < 4.78 is 16.5. The molecular weight excluding hydrogens is 511 g/mol. The lowest BCUT2D eigenvalue weighted by Gasteiger charge is -2.28. The molecule has 0 amide bonds. The standard InChI is InChI=1S/C29H22Cl2N2O4/c1-35-26-10-7-19-13-21(4-3-20(19)14-26)28-27(37-25-8-5-18(6-9-25)29(34)36-2)11-12-32-33(28)24-16-22(30)15-23(31)17-24/h3-10,12-17H,11H2,1-2H3. The SMILES string of the molecule is COC(=O)c1ccc(OC2=C(c3ccc4cc(OC)ccc4c3)N(c3cc(Cl)cc(Cl)c3)N=CC2)cc1. The first-order valence-corrected chi connectivity index (χ1v) is 12.2. The van der Waals surface area contributed by atoms with Gasteiger partial charge in [-0.05, 0) is 71.4 Å². The van der Waals surface area contributed by atoms with Gasteiger partial charge in [-0.15, -0.1) is 0 Å². The Morgan fingerprint density at radius 2 is 1.51 bits per heavy atom. The normalized spacial score (nSPS) is 13.1. The number of hydrogen-bond acceptors (Lipinski definition) is 6. The highest BCUT2D eigenvalue weighted by Gasteiger charge is 2.24. The summed E-state index contributed by atoms with van der Waals surface area (Å²) in [6, 6.07) is 24.1. The predicted octanol–water partition coefficient (Wildman–Crippen LogP) is 7.59. The quantitative estimate of drug-likeness (QED) is 0.239. The number of rotatable bonds is 6. The third-order valence-corrected chi connectivity index (χ3v) is 6.32. The Kier molecular flexibility index (Phi) is 7.04. The second-order valence-corrected chi connectivity index (χ2v) is 9.13. The van der Waals surface area contributed by atoms with Crippen LogP contribution in [-0.2, 0) is 4.74 Å². The number of anilines is 1. The molecule has 0 saturated carbocycles. The van der Waals surface area contributed by atoms with Crippen molar-refractivity contribution < 1.29 is 19.0 Å². The number of carbonyl (C=O) groups excluding carboxylic acids is 1. The van der Waals surface area contributed by atoms with Crippen LogP contribution in [0, 0.1) is 0 Å². The molecule has 1 heterocycles.